The Balaban J connectivity index is 1.35. The van der Waals surface area contributed by atoms with Crippen LogP contribution in [0.4, 0.5) is 10.5 Å². The van der Waals surface area contributed by atoms with Gasteiger partial charge in [-0.05, 0) is 37.0 Å². The second-order valence-corrected chi connectivity index (χ2v) is 12.8. The minimum absolute atomic E-state index is 0.0906. The van der Waals surface area contributed by atoms with Gasteiger partial charge in [-0.2, -0.15) is 4.31 Å². The summed E-state index contributed by atoms with van der Waals surface area (Å²) in [6, 6.07) is 12.0. The first-order valence-corrected chi connectivity index (χ1v) is 15.5. The van der Waals surface area contributed by atoms with Gasteiger partial charge in [-0.15, -0.1) is 0 Å². The van der Waals surface area contributed by atoms with Gasteiger partial charge in [0.2, 0.25) is 15.9 Å². The van der Waals surface area contributed by atoms with Crippen LogP contribution in [0.15, 0.2) is 59.5 Å². The number of aliphatic hydroxyl groups is 1. The number of benzene rings is 2. The summed E-state index contributed by atoms with van der Waals surface area (Å²) in [6.07, 6.45) is -1.64. The van der Waals surface area contributed by atoms with Crippen molar-refractivity contribution in [3.63, 3.8) is 0 Å². The van der Waals surface area contributed by atoms with Crippen LogP contribution in [0.25, 0.3) is 0 Å². The van der Waals surface area contributed by atoms with Gasteiger partial charge in [0.25, 0.3) is 5.69 Å². The molecule has 6 atom stereocenters. The molecule has 0 aromatic heterocycles. The summed E-state index contributed by atoms with van der Waals surface area (Å²) in [5.74, 6) is -0.303. The molecule has 43 heavy (non-hydrogen) atoms. The first-order valence-electron chi connectivity index (χ1n) is 14.1. The van der Waals surface area contributed by atoms with E-state index in [1.54, 1.807) is 12.1 Å². The number of sulfonamides is 1. The number of rotatable bonds is 12. The highest BCUT2D eigenvalue weighted by molar-refractivity contribution is 7.89. The average Bonchev–Trinajstić information content (AvgIpc) is 3.72. The number of nitrogens with zero attached hydrogens (tertiary/aromatic N) is 2. The number of nitro groups is 1. The van der Waals surface area contributed by atoms with Crippen molar-refractivity contribution in [1.82, 2.24) is 14.9 Å². The third kappa shape index (κ3) is 7.48. The second kappa shape index (κ2) is 13.3. The quantitative estimate of drug-likeness (QED) is 0.231. The molecule has 0 bridgehead atoms. The topological polar surface area (TPSA) is 187 Å². The molecule has 14 nitrogen and oxygen atoms in total. The number of non-ortho nitro benzene ring substituents is 1. The van der Waals surface area contributed by atoms with Crippen LogP contribution < -0.4 is 10.6 Å². The van der Waals surface area contributed by atoms with E-state index in [1.807, 2.05) is 18.2 Å². The highest BCUT2D eigenvalue weighted by Gasteiger charge is 2.44. The largest absolute Gasteiger partial charge is 0.443 e. The van der Waals surface area contributed by atoms with E-state index in [-0.39, 0.29) is 48.4 Å². The maximum Gasteiger partial charge on any atom is 0.407 e. The first-order chi connectivity index (χ1) is 20.6. The predicted octanol–water partition coefficient (Wildman–Crippen LogP) is 1.32. The lowest BCUT2D eigenvalue weighted by Gasteiger charge is -2.31. The number of amides is 2. The monoisotopic (exact) mass is 618 g/mol. The predicted molar refractivity (Wildman–Crippen MR) is 150 cm³/mol. The van der Waals surface area contributed by atoms with Crippen LogP contribution in [0.2, 0.25) is 0 Å². The molecular weight excluding hydrogens is 584 g/mol. The summed E-state index contributed by atoms with van der Waals surface area (Å²) in [6.45, 7) is 0.108. The molecule has 2 amide bonds. The number of nitrogens with one attached hydrogen (secondary N) is 2. The van der Waals surface area contributed by atoms with Crippen molar-refractivity contribution in [3.05, 3.63) is 70.3 Å². The van der Waals surface area contributed by atoms with Crippen LogP contribution in [0, 0.1) is 16.0 Å². The van der Waals surface area contributed by atoms with E-state index in [0.29, 0.717) is 19.4 Å². The number of fused-ring (bicyclic) bond motifs is 1. The van der Waals surface area contributed by atoms with Gasteiger partial charge in [0.05, 0.1) is 41.1 Å². The Morgan fingerprint density at radius 3 is 2.58 bits per heavy atom. The van der Waals surface area contributed by atoms with Crippen molar-refractivity contribution in [3.8, 4) is 0 Å². The Hall–Kier alpha value is -3.63. The van der Waals surface area contributed by atoms with E-state index in [2.05, 4.69) is 10.6 Å². The molecule has 1 unspecified atom stereocenters. The summed E-state index contributed by atoms with van der Waals surface area (Å²) >= 11 is 0. The fraction of sp³-hybridized carbons (Fsp3) is 0.500. The summed E-state index contributed by atoms with van der Waals surface area (Å²) in [4.78, 5) is 35.1. The number of nitro benzene ring substituents is 1. The molecule has 0 spiro atoms. The SMILES string of the molecule is O=C1CC[C@H](CN(C[C@@H](O)[C@H](Cc2ccccc2)NC(=O)OC2CO[C@H]3OCC[C@@H]23)S(=O)(=O)c2ccc([N+](=O)[O-])cc2)N1. The fourth-order valence-corrected chi connectivity index (χ4v) is 7.08. The van der Waals surface area contributed by atoms with Crippen LogP contribution in [-0.2, 0) is 35.4 Å². The highest BCUT2D eigenvalue weighted by atomic mass is 32.2. The molecule has 3 heterocycles. The van der Waals surface area contributed by atoms with Gasteiger partial charge in [-0.25, -0.2) is 13.2 Å². The number of hydrogen-bond acceptors (Lipinski definition) is 10. The molecule has 15 heteroatoms. The van der Waals surface area contributed by atoms with E-state index in [4.69, 9.17) is 14.2 Å². The van der Waals surface area contributed by atoms with E-state index in [9.17, 15) is 33.2 Å². The Morgan fingerprint density at radius 1 is 1.16 bits per heavy atom. The van der Waals surface area contributed by atoms with Crippen LogP contribution in [0.1, 0.15) is 24.8 Å². The third-order valence-electron chi connectivity index (χ3n) is 7.89. The van der Waals surface area contributed by atoms with Crippen LogP contribution in [-0.4, -0.2) is 91.6 Å². The molecule has 3 fully saturated rings. The van der Waals surface area contributed by atoms with Gasteiger partial charge in [-0.1, -0.05) is 30.3 Å². The van der Waals surface area contributed by atoms with Gasteiger partial charge >= 0.3 is 6.09 Å². The van der Waals surface area contributed by atoms with E-state index < -0.39 is 58.2 Å². The van der Waals surface area contributed by atoms with E-state index in [0.717, 1.165) is 34.1 Å². The molecule has 0 radical (unpaired) electrons. The molecule has 2 aromatic rings. The smallest absolute Gasteiger partial charge is 0.407 e. The lowest BCUT2D eigenvalue weighted by atomic mass is 10.0. The molecule has 3 saturated heterocycles. The van der Waals surface area contributed by atoms with Crippen LogP contribution >= 0.6 is 0 Å². The lowest BCUT2D eigenvalue weighted by molar-refractivity contribution is -0.384. The summed E-state index contributed by atoms with van der Waals surface area (Å²) < 4.78 is 45.2. The van der Waals surface area contributed by atoms with Crippen LogP contribution in [0.5, 0.6) is 0 Å². The fourth-order valence-electron chi connectivity index (χ4n) is 5.58. The minimum Gasteiger partial charge on any atom is -0.443 e. The zero-order valence-corrected chi connectivity index (χ0v) is 24.1. The number of carbonyl (C=O) groups excluding carboxylic acids is 2. The second-order valence-electron chi connectivity index (χ2n) is 10.9. The van der Waals surface area contributed by atoms with Crippen molar-refractivity contribution in [2.45, 2.75) is 61.2 Å². The number of carbonyl (C=O) groups is 2. The average molecular weight is 619 g/mol. The molecule has 0 saturated carbocycles. The lowest BCUT2D eigenvalue weighted by Crippen LogP contribution is -2.53. The van der Waals surface area contributed by atoms with Crippen molar-refractivity contribution in [1.29, 1.82) is 0 Å². The zero-order valence-electron chi connectivity index (χ0n) is 23.2. The van der Waals surface area contributed by atoms with Gasteiger partial charge < -0.3 is 30.0 Å². The number of aliphatic hydroxyl groups excluding tert-OH is 1. The number of alkyl carbamates (subject to hydrolysis) is 1. The highest BCUT2D eigenvalue weighted by Crippen LogP contribution is 2.33. The molecule has 232 valence electrons. The summed E-state index contributed by atoms with van der Waals surface area (Å²) in [5.41, 5.74) is 0.510. The number of ether oxygens (including phenoxy) is 3. The molecule has 5 rings (SSSR count). The van der Waals surface area contributed by atoms with E-state index >= 15 is 0 Å². The summed E-state index contributed by atoms with van der Waals surface area (Å²) in [5, 5.41) is 28.0. The maximum atomic E-state index is 13.8. The van der Waals surface area contributed by atoms with Crippen molar-refractivity contribution >= 4 is 27.7 Å². The van der Waals surface area contributed by atoms with Crippen molar-refractivity contribution in [2.75, 3.05) is 26.3 Å². The number of hydrogen-bond donors (Lipinski definition) is 3. The normalized spacial score (nSPS) is 24.7. The standard InChI is InChI=1S/C28H34N4O10S/c33-24(16-31(15-19-6-11-26(34)29-19)43(38,39)21-9-7-20(8-10-21)32(36)37)23(14-18-4-2-1-3-5-18)30-28(35)42-25-17-41-27-22(25)12-13-40-27/h1-5,7-10,19,22-25,27,33H,6,11-17H2,(H,29,34)(H,30,35)/t19-,22+,23+,24-,25?,27-/m1/s1. The molecule has 2 aromatic carbocycles. The van der Waals surface area contributed by atoms with Gasteiger partial charge in [0.1, 0.15) is 6.10 Å². The molecular formula is C28H34N4O10S. The Bertz CT molecular complexity index is 1410. The van der Waals surface area contributed by atoms with Crippen molar-refractivity contribution in [2.24, 2.45) is 5.92 Å². The molecule has 0 aliphatic carbocycles. The zero-order chi connectivity index (χ0) is 30.6. The van der Waals surface area contributed by atoms with E-state index in [1.165, 1.54) is 0 Å². The Labute approximate surface area is 248 Å². The Kier molecular flexibility index (Phi) is 9.56. The maximum absolute atomic E-state index is 13.8. The first kappa shape index (κ1) is 30.8. The van der Waals surface area contributed by atoms with Crippen molar-refractivity contribution < 1.29 is 42.2 Å². The molecule has 3 aliphatic rings. The van der Waals surface area contributed by atoms with Gasteiger partial charge in [0, 0.05) is 37.7 Å². The van der Waals surface area contributed by atoms with Gasteiger partial charge in [0.15, 0.2) is 6.29 Å². The molecule has 3 N–H and O–H groups in total. The Morgan fingerprint density at radius 2 is 1.91 bits per heavy atom. The van der Waals surface area contributed by atoms with Crippen LogP contribution in [0.3, 0.4) is 0 Å². The third-order valence-corrected chi connectivity index (χ3v) is 9.74. The minimum atomic E-state index is -4.28. The summed E-state index contributed by atoms with van der Waals surface area (Å²) in [7, 11) is -4.28. The molecule has 3 aliphatic heterocycles. The van der Waals surface area contributed by atoms with Gasteiger partial charge in [-0.3, -0.25) is 14.9 Å².